The van der Waals surface area contributed by atoms with Gasteiger partial charge >= 0.3 is 0 Å². The maximum Gasteiger partial charge on any atom is 0.251 e. The molecule has 0 saturated carbocycles. The molecule has 122 valence electrons. The topological polar surface area (TPSA) is 75.6 Å². The molecule has 4 rings (SSSR count). The van der Waals surface area contributed by atoms with E-state index in [4.69, 9.17) is 0 Å². The monoisotopic (exact) mass is 321 g/mol. The number of carbonyl (C=O) groups is 1. The van der Waals surface area contributed by atoms with Gasteiger partial charge in [0.25, 0.3) is 5.91 Å². The Kier molecular flexibility index (Phi) is 3.65. The first-order chi connectivity index (χ1) is 11.7. The number of rotatable bonds is 5. The number of hydrogen-bond acceptors (Lipinski definition) is 3. The fourth-order valence-corrected chi connectivity index (χ4v) is 3.05. The summed E-state index contributed by atoms with van der Waals surface area (Å²) in [5, 5.41) is 7.27. The molecule has 3 heterocycles. The Morgan fingerprint density at radius 1 is 1.29 bits per heavy atom. The Bertz CT molecular complexity index is 892. The lowest BCUT2D eigenvalue weighted by Gasteiger charge is -2.04. The summed E-state index contributed by atoms with van der Waals surface area (Å²) >= 11 is 0. The van der Waals surface area contributed by atoms with Gasteiger partial charge in [-0.2, -0.15) is 5.10 Å². The zero-order valence-corrected chi connectivity index (χ0v) is 13.5. The van der Waals surface area contributed by atoms with Crippen LogP contribution in [-0.4, -0.2) is 25.7 Å². The van der Waals surface area contributed by atoms with Crippen LogP contribution in [0.4, 0.5) is 0 Å². The van der Waals surface area contributed by atoms with Crippen molar-refractivity contribution in [2.24, 2.45) is 0 Å². The predicted octanol–water partition coefficient (Wildman–Crippen LogP) is 2.52. The summed E-state index contributed by atoms with van der Waals surface area (Å²) in [6, 6.07) is 5.94. The van der Waals surface area contributed by atoms with Crippen molar-refractivity contribution < 1.29 is 4.79 Å². The number of aromatic amines is 1. The van der Waals surface area contributed by atoms with Gasteiger partial charge < -0.3 is 10.3 Å². The molecular weight excluding hydrogens is 302 g/mol. The summed E-state index contributed by atoms with van der Waals surface area (Å²) in [5.41, 5.74) is 5.09. The van der Waals surface area contributed by atoms with Crippen LogP contribution in [0.2, 0.25) is 0 Å². The molecule has 0 bridgehead atoms. The fraction of sp³-hybridized carbons (Fsp3) is 0.278. The minimum absolute atomic E-state index is 0.0126. The van der Waals surface area contributed by atoms with Gasteiger partial charge in [-0.3, -0.25) is 9.48 Å². The molecule has 0 atom stereocenters. The average Bonchev–Trinajstić information content (AvgIpc) is 3.29. The molecule has 0 aliphatic carbocycles. The molecular formula is C18H19N5O. The van der Waals surface area contributed by atoms with E-state index in [0.717, 1.165) is 46.6 Å². The minimum atomic E-state index is 0.0126. The van der Waals surface area contributed by atoms with Gasteiger partial charge in [0.05, 0.1) is 18.3 Å². The van der Waals surface area contributed by atoms with Crippen LogP contribution in [0.15, 0.2) is 36.8 Å². The number of nitrogens with one attached hydrogen (secondary N) is 2. The molecule has 1 aromatic carbocycles. The highest BCUT2D eigenvalue weighted by molar-refractivity contribution is 5.98. The van der Waals surface area contributed by atoms with Crippen molar-refractivity contribution in [2.45, 2.75) is 32.9 Å². The van der Waals surface area contributed by atoms with Crippen molar-refractivity contribution in [1.82, 2.24) is 25.1 Å². The first-order valence-corrected chi connectivity index (χ1v) is 8.19. The third kappa shape index (κ3) is 2.71. The molecule has 24 heavy (non-hydrogen) atoms. The Hall–Kier alpha value is -2.89. The van der Waals surface area contributed by atoms with Crippen LogP contribution in [0, 0.1) is 0 Å². The largest absolute Gasteiger partial charge is 0.348 e. The molecule has 6 nitrogen and oxygen atoms in total. The average molecular weight is 321 g/mol. The van der Waals surface area contributed by atoms with E-state index in [1.807, 2.05) is 35.4 Å². The third-order valence-electron chi connectivity index (χ3n) is 4.25. The van der Waals surface area contributed by atoms with E-state index in [0.29, 0.717) is 13.1 Å². The Morgan fingerprint density at radius 3 is 3.08 bits per heavy atom. The molecule has 0 saturated heterocycles. The molecule has 1 amide bonds. The number of aryl methyl sites for hydroxylation is 1. The van der Waals surface area contributed by atoms with Gasteiger partial charge in [0.1, 0.15) is 5.82 Å². The zero-order chi connectivity index (χ0) is 16.5. The first-order valence-electron chi connectivity index (χ1n) is 8.19. The lowest BCUT2D eigenvalue weighted by Crippen LogP contribution is -2.12. The maximum atomic E-state index is 11.6. The van der Waals surface area contributed by atoms with Crippen LogP contribution < -0.4 is 5.32 Å². The smallest absolute Gasteiger partial charge is 0.251 e. The summed E-state index contributed by atoms with van der Waals surface area (Å²) in [6.45, 7) is 3.43. The van der Waals surface area contributed by atoms with E-state index >= 15 is 0 Å². The SMILES string of the molecule is CCCc1cnc(-c2cnn(Cc3ccc4c(c3)CNC4=O)c2)[nH]1. The molecule has 0 spiro atoms. The van der Waals surface area contributed by atoms with Gasteiger partial charge in [0.15, 0.2) is 0 Å². The van der Waals surface area contributed by atoms with Crippen molar-refractivity contribution in [3.8, 4) is 11.4 Å². The molecule has 1 aliphatic rings. The molecule has 0 fully saturated rings. The Morgan fingerprint density at radius 2 is 2.21 bits per heavy atom. The molecule has 2 aromatic heterocycles. The zero-order valence-electron chi connectivity index (χ0n) is 13.5. The van der Waals surface area contributed by atoms with Gasteiger partial charge in [-0.05, 0) is 23.6 Å². The highest BCUT2D eigenvalue weighted by atomic mass is 16.1. The molecule has 0 radical (unpaired) electrons. The van der Waals surface area contributed by atoms with Crippen LogP contribution in [0.25, 0.3) is 11.4 Å². The second kappa shape index (κ2) is 5.96. The number of amides is 1. The lowest BCUT2D eigenvalue weighted by atomic mass is 10.1. The number of H-pyrrole nitrogens is 1. The molecule has 6 heteroatoms. The van der Waals surface area contributed by atoms with Crippen LogP contribution in [0.5, 0.6) is 0 Å². The Balaban J connectivity index is 1.52. The van der Waals surface area contributed by atoms with E-state index in [1.54, 1.807) is 0 Å². The van der Waals surface area contributed by atoms with Crippen molar-refractivity contribution in [1.29, 1.82) is 0 Å². The number of nitrogens with zero attached hydrogens (tertiary/aromatic N) is 3. The predicted molar refractivity (Wildman–Crippen MR) is 90.5 cm³/mol. The van der Waals surface area contributed by atoms with Crippen molar-refractivity contribution in [3.05, 3.63) is 59.2 Å². The highest BCUT2D eigenvalue weighted by Gasteiger charge is 2.18. The van der Waals surface area contributed by atoms with Crippen LogP contribution in [0.3, 0.4) is 0 Å². The van der Waals surface area contributed by atoms with Crippen molar-refractivity contribution >= 4 is 5.91 Å². The van der Waals surface area contributed by atoms with Crippen LogP contribution >= 0.6 is 0 Å². The molecule has 0 unspecified atom stereocenters. The van der Waals surface area contributed by atoms with Crippen molar-refractivity contribution in [2.75, 3.05) is 0 Å². The standard InChI is InChI=1S/C18H19N5O/c1-2-3-15-9-19-17(22-15)14-8-21-23(11-14)10-12-4-5-16-13(6-12)7-20-18(16)24/h4-6,8-9,11H,2-3,7,10H2,1H3,(H,19,22)(H,20,24). The fourth-order valence-electron chi connectivity index (χ4n) is 3.05. The summed E-state index contributed by atoms with van der Waals surface area (Å²) in [4.78, 5) is 19.4. The van der Waals surface area contributed by atoms with Crippen molar-refractivity contribution in [3.63, 3.8) is 0 Å². The number of imidazole rings is 1. The van der Waals surface area contributed by atoms with Gasteiger partial charge in [-0.15, -0.1) is 0 Å². The second-order valence-electron chi connectivity index (χ2n) is 6.11. The van der Waals surface area contributed by atoms with E-state index in [9.17, 15) is 4.79 Å². The lowest BCUT2D eigenvalue weighted by molar-refractivity contribution is 0.0966. The second-order valence-corrected chi connectivity index (χ2v) is 6.11. The number of fused-ring (bicyclic) bond motifs is 1. The van der Waals surface area contributed by atoms with E-state index < -0.39 is 0 Å². The first kappa shape index (κ1) is 14.7. The number of hydrogen-bond donors (Lipinski definition) is 2. The minimum Gasteiger partial charge on any atom is -0.348 e. The van der Waals surface area contributed by atoms with Crippen LogP contribution in [0.1, 0.15) is 40.5 Å². The Labute approximate surface area is 139 Å². The maximum absolute atomic E-state index is 11.6. The van der Waals surface area contributed by atoms with Gasteiger partial charge in [0.2, 0.25) is 0 Å². The van der Waals surface area contributed by atoms with Gasteiger partial charge in [0, 0.05) is 30.2 Å². The number of carbonyl (C=O) groups excluding carboxylic acids is 1. The van der Waals surface area contributed by atoms with Gasteiger partial charge in [-0.1, -0.05) is 25.5 Å². The molecule has 2 N–H and O–H groups in total. The van der Waals surface area contributed by atoms with E-state index in [-0.39, 0.29) is 5.91 Å². The normalized spacial score (nSPS) is 13.1. The summed E-state index contributed by atoms with van der Waals surface area (Å²) in [7, 11) is 0. The number of aromatic nitrogens is 4. The third-order valence-corrected chi connectivity index (χ3v) is 4.25. The number of benzene rings is 1. The summed E-state index contributed by atoms with van der Waals surface area (Å²) in [5.74, 6) is 0.868. The van der Waals surface area contributed by atoms with Crippen LogP contribution in [-0.2, 0) is 19.5 Å². The summed E-state index contributed by atoms with van der Waals surface area (Å²) < 4.78 is 1.89. The highest BCUT2D eigenvalue weighted by Crippen LogP contribution is 2.19. The molecule has 1 aliphatic heterocycles. The summed E-state index contributed by atoms with van der Waals surface area (Å²) in [6.07, 6.45) is 7.80. The quantitative estimate of drug-likeness (QED) is 0.758. The van der Waals surface area contributed by atoms with E-state index in [2.05, 4.69) is 33.4 Å². The molecule has 3 aromatic rings. The van der Waals surface area contributed by atoms with Gasteiger partial charge in [-0.25, -0.2) is 4.98 Å². The van der Waals surface area contributed by atoms with E-state index in [1.165, 1.54) is 0 Å².